The molecule has 0 saturated carbocycles. The molecule has 1 aliphatic rings. The summed E-state index contributed by atoms with van der Waals surface area (Å²) in [6, 6.07) is 11.2. The van der Waals surface area contributed by atoms with Gasteiger partial charge in [-0.2, -0.15) is 0 Å². The lowest BCUT2D eigenvalue weighted by atomic mass is 9.93. The summed E-state index contributed by atoms with van der Waals surface area (Å²) in [5.41, 5.74) is 1.38. The molecular weight excluding hydrogens is 248 g/mol. The minimum Gasteiger partial charge on any atom is -0.380 e. The van der Waals surface area contributed by atoms with E-state index in [9.17, 15) is 0 Å². The minimum absolute atomic E-state index is 0.416. The van der Waals surface area contributed by atoms with Crippen LogP contribution in [0.3, 0.4) is 0 Å². The molecule has 0 aliphatic carbocycles. The number of likely N-dealkylation sites (tertiary alicyclic amines) is 1. The molecule has 112 valence electrons. The largest absolute Gasteiger partial charge is 0.380 e. The van der Waals surface area contributed by atoms with Crippen LogP contribution < -0.4 is 5.32 Å². The molecule has 1 N–H and O–H groups in total. The van der Waals surface area contributed by atoms with Crippen molar-refractivity contribution in [3.05, 3.63) is 35.9 Å². The van der Waals surface area contributed by atoms with Crippen LogP contribution in [0.1, 0.15) is 31.4 Å². The van der Waals surface area contributed by atoms with Crippen molar-refractivity contribution >= 4 is 0 Å². The van der Waals surface area contributed by atoms with Crippen LogP contribution in [0.2, 0.25) is 0 Å². The summed E-state index contributed by atoms with van der Waals surface area (Å²) < 4.78 is 5.52. The van der Waals surface area contributed by atoms with Gasteiger partial charge in [-0.05, 0) is 37.9 Å². The second kappa shape index (κ2) is 7.77. The number of hydrogen-bond acceptors (Lipinski definition) is 3. The third-order valence-electron chi connectivity index (χ3n) is 4.38. The average molecular weight is 276 g/mol. The highest BCUT2D eigenvalue weighted by molar-refractivity contribution is 5.19. The predicted octanol–water partition coefficient (Wildman–Crippen LogP) is 2.69. The number of ether oxygens (including phenoxy) is 1. The monoisotopic (exact) mass is 276 g/mol. The third-order valence-corrected chi connectivity index (χ3v) is 4.38. The molecule has 0 bridgehead atoms. The molecule has 20 heavy (non-hydrogen) atoms. The summed E-state index contributed by atoms with van der Waals surface area (Å²) in [5, 5.41) is 3.47. The molecule has 1 aromatic rings. The Labute approximate surface area is 123 Å². The first-order valence-electron chi connectivity index (χ1n) is 7.72. The molecular formula is C17H28N2O. The topological polar surface area (TPSA) is 24.5 Å². The van der Waals surface area contributed by atoms with E-state index in [0.29, 0.717) is 18.1 Å². The molecule has 3 nitrogen and oxygen atoms in total. The first-order chi connectivity index (χ1) is 9.74. The number of methoxy groups -OCH3 is 1. The summed E-state index contributed by atoms with van der Waals surface area (Å²) in [6.07, 6.45) is 2.87. The fraction of sp³-hybridized carbons (Fsp3) is 0.647. The van der Waals surface area contributed by atoms with Crippen molar-refractivity contribution in [2.24, 2.45) is 5.92 Å². The van der Waals surface area contributed by atoms with Crippen molar-refractivity contribution in [3.63, 3.8) is 0 Å². The van der Waals surface area contributed by atoms with E-state index in [1.54, 1.807) is 0 Å². The molecule has 0 spiro atoms. The van der Waals surface area contributed by atoms with Gasteiger partial charge < -0.3 is 15.0 Å². The van der Waals surface area contributed by atoms with Crippen molar-refractivity contribution in [2.45, 2.75) is 31.9 Å². The number of nitrogens with zero attached hydrogens (tertiary/aromatic N) is 1. The van der Waals surface area contributed by atoms with Crippen LogP contribution in [0, 0.1) is 5.92 Å². The Morgan fingerprint density at radius 1 is 1.35 bits per heavy atom. The molecule has 0 aromatic heterocycles. The lowest BCUT2D eigenvalue weighted by molar-refractivity contribution is 0.0248. The molecule has 2 rings (SSSR count). The van der Waals surface area contributed by atoms with E-state index in [-0.39, 0.29) is 0 Å². The van der Waals surface area contributed by atoms with Crippen molar-refractivity contribution in [1.29, 1.82) is 0 Å². The van der Waals surface area contributed by atoms with Gasteiger partial charge in [-0.15, -0.1) is 0 Å². The maximum Gasteiger partial charge on any atom is 0.0698 e. The molecule has 3 unspecified atom stereocenters. The van der Waals surface area contributed by atoms with E-state index < -0.39 is 0 Å². The van der Waals surface area contributed by atoms with Gasteiger partial charge in [-0.25, -0.2) is 0 Å². The summed E-state index contributed by atoms with van der Waals surface area (Å²) in [4.78, 5) is 2.55. The summed E-state index contributed by atoms with van der Waals surface area (Å²) in [5.74, 6) is 0.581. The Balaban J connectivity index is 1.94. The quantitative estimate of drug-likeness (QED) is 0.864. The standard InChI is InChI=1S/C17H28N2O/c1-14(12-19-11-7-10-16(13-19)20-3)17(18-2)15-8-5-4-6-9-15/h4-6,8-9,14,16-18H,7,10-13H2,1-3H3. The van der Waals surface area contributed by atoms with E-state index in [0.717, 1.165) is 13.1 Å². The zero-order chi connectivity index (χ0) is 14.4. The van der Waals surface area contributed by atoms with E-state index in [1.807, 2.05) is 7.11 Å². The van der Waals surface area contributed by atoms with Gasteiger partial charge in [0.05, 0.1) is 6.10 Å². The first kappa shape index (κ1) is 15.5. The van der Waals surface area contributed by atoms with Crippen molar-refractivity contribution in [3.8, 4) is 0 Å². The molecule has 1 saturated heterocycles. The van der Waals surface area contributed by atoms with Gasteiger partial charge in [0.2, 0.25) is 0 Å². The van der Waals surface area contributed by atoms with Crippen molar-refractivity contribution < 1.29 is 4.74 Å². The number of rotatable bonds is 6. The van der Waals surface area contributed by atoms with Crippen molar-refractivity contribution in [1.82, 2.24) is 10.2 Å². The van der Waals surface area contributed by atoms with Gasteiger partial charge in [0.25, 0.3) is 0 Å². The Morgan fingerprint density at radius 2 is 2.10 bits per heavy atom. The predicted molar refractivity (Wildman–Crippen MR) is 83.9 cm³/mol. The molecule has 1 fully saturated rings. The summed E-state index contributed by atoms with van der Waals surface area (Å²) in [7, 11) is 3.89. The molecule has 3 atom stereocenters. The molecule has 0 radical (unpaired) electrons. The van der Waals surface area contributed by atoms with Crippen LogP contribution in [0.5, 0.6) is 0 Å². The first-order valence-corrected chi connectivity index (χ1v) is 7.72. The minimum atomic E-state index is 0.416. The van der Waals surface area contributed by atoms with E-state index in [1.165, 1.54) is 24.9 Å². The van der Waals surface area contributed by atoms with Gasteiger partial charge in [-0.3, -0.25) is 0 Å². The van der Waals surface area contributed by atoms with Crippen LogP contribution in [0.4, 0.5) is 0 Å². The zero-order valence-electron chi connectivity index (χ0n) is 13.0. The van der Waals surface area contributed by atoms with E-state index >= 15 is 0 Å². The van der Waals surface area contributed by atoms with Crippen LogP contribution in [-0.4, -0.2) is 44.8 Å². The Bertz CT molecular complexity index is 382. The molecule has 1 aliphatic heterocycles. The van der Waals surface area contributed by atoms with Crippen LogP contribution in [0.25, 0.3) is 0 Å². The van der Waals surface area contributed by atoms with Crippen molar-refractivity contribution in [2.75, 3.05) is 33.8 Å². The SMILES string of the molecule is CNC(c1ccccc1)C(C)CN1CCCC(OC)C1. The van der Waals surface area contributed by atoms with Gasteiger partial charge in [0, 0.05) is 26.2 Å². The van der Waals surface area contributed by atoms with Gasteiger partial charge in [-0.1, -0.05) is 37.3 Å². The molecule has 0 amide bonds. The van der Waals surface area contributed by atoms with E-state index in [4.69, 9.17) is 4.74 Å². The molecule has 1 aromatic carbocycles. The highest BCUT2D eigenvalue weighted by Gasteiger charge is 2.24. The van der Waals surface area contributed by atoms with E-state index in [2.05, 4.69) is 54.5 Å². The number of piperidine rings is 1. The second-order valence-corrected chi connectivity index (χ2v) is 5.91. The number of hydrogen-bond donors (Lipinski definition) is 1. The molecule has 1 heterocycles. The van der Waals surface area contributed by atoms with Crippen LogP contribution in [0.15, 0.2) is 30.3 Å². The molecule has 3 heteroatoms. The highest BCUT2D eigenvalue weighted by Crippen LogP contribution is 2.23. The maximum atomic E-state index is 5.52. The number of nitrogens with one attached hydrogen (secondary N) is 1. The lowest BCUT2D eigenvalue weighted by Crippen LogP contribution is -2.43. The smallest absolute Gasteiger partial charge is 0.0698 e. The zero-order valence-corrected chi connectivity index (χ0v) is 13.0. The normalized spacial score (nSPS) is 23.4. The highest BCUT2D eigenvalue weighted by atomic mass is 16.5. The Kier molecular flexibility index (Phi) is 6.02. The van der Waals surface area contributed by atoms with Gasteiger partial charge in [0.15, 0.2) is 0 Å². The fourth-order valence-electron chi connectivity index (χ4n) is 3.32. The Hall–Kier alpha value is -0.900. The second-order valence-electron chi connectivity index (χ2n) is 5.91. The third kappa shape index (κ3) is 4.05. The Morgan fingerprint density at radius 3 is 2.75 bits per heavy atom. The van der Waals surface area contributed by atoms with Crippen LogP contribution in [-0.2, 0) is 4.74 Å². The summed E-state index contributed by atoms with van der Waals surface area (Å²) >= 11 is 0. The summed E-state index contributed by atoms with van der Waals surface area (Å²) in [6.45, 7) is 5.74. The average Bonchev–Trinajstić information content (AvgIpc) is 2.49. The van der Waals surface area contributed by atoms with Crippen LogP contribution >= 0.6 is 0 Å². The van der Waals surface area contributed by atoms with Gasteiger partial charge >= 0.3 is 0 Å². The van der Waals surface area contributed by atoms with Gasteiger partial charge in [0.1, 0.15) is 0 Å². The lowest BCUT2D eigenvalue weighted by Gasteiger charge is -2.35. The number of benzene rings is 1. The fourth-order valence-corrected chi connectivity index (χ4v) is 3.32. The maximum absolute atomic E-state index is 5.52.